The van der Waals surface area contributed by atoms with E-state index in [0.717, 1.165) is 44.9 Å². The normalized spacial score (nSPS) is 14.0. The van der Waals surface area contributed by atoms with E-state index >= 15 is 0 Å². The number of aromatic nitrogens is 2. The quantitative estimate of drug-likeness (QED) is 0.160. The van der Waals surface area contributed by atoms with Crippen LogP contribution >= 0.6 is 0 Å². The van der Waals surface area contributed by atoms with Gasteiger partial charge in [-0.25, -0.2) is 4.68 Å². The predicted octanol–water partition coefficient (Wildman–Crippen LogP) is 6.91. The molecule has 232 valence electrons. The Morgan fingerprint density at radius 2 is 1.73 bits per heavy atom. The largest absolute Gasteiger partial charge is 0.435 e. The third-order valence-electron chi connectivity index (χ3n) is 8.14. The molecule has 1 aromatic heterocycles. The fourth-order valence-electron chi connectivity index (χ4n) is 5.65. The smallest absolute Gasteiger partial charge is 0.377 e. The number of amides is 1. The topological polar surface area (TPSA) is 88.2 Å². The highest BCUT2D eigenvalue weighted by molar-refractivity contribution is 6.03. The molecule has 7 nitrogen and oxygen atoms in total. The van der Waals surface area contributed by atoms with Crippen molar-refractivity contribution in [3.05, 3.63) is 119 Å². The Balaban J connectivity index is 1.36. The van der Waals surface area contributed by atoms with E-state index in [-0.39, 0.29) is 18.3 Å². The Morgan fingerprint density at radius 3 is 2.44 bits per heavy atom. The molecule has 1 aliphatic carbocycles. The van der Waals surface area contributed by atoms with Gasteiger partial charge >= 0.3 is 6.18 Å². The average molecular weight is 613 g/mol. The molecule has 6 rings (SSSR count). The van der Waals surface area contributed by atoms with Crippen LogP contribution in [0.4, 0.5) is 24.5 Å². The van der Waals surface area contributed by atoms with Crippen LogP contribution in [-0.2, 0) is 12.7 Å². The van der Waals surface area contributed by atoms with Gasteiger partial charge in [0.2, 0.25) is 0 Å². The number of halogens is 3. The fraction of sp³-hybridized carbons (Fsp3) is 0.257. The van der Waals surface area contributed by atoms with Crippen molar-refractivity contribution in [1.82, 2.24) is 15.1 Å². The first kappa shape index (κ1) is 30.4. The van der Waals surface area contributed by atoms with Crippen LogP contribution in [-0.4, -0.2) is 36.3 Å². The SMILES string of the molecule is CN(C)c1ccc(C(NCC2CC2)c2cccc(NC(=O)c3cc(C(F)(F)F)nn3-c3cccc(CN)c3)c2)c2ccccc12. The first-order chi connectivity index (χ1) is 21.6. The van der Waals surface area contributed by atoms with Gasteiger partial charge in [0.15, 0.2) is 5.69 Å². The Labute approximate surface area is 259 Å². The number of carbonyl (C=O) groups excluding carboxylic acids is 1. The molecular formula is C35H35F3N6O. The lowest BCUT2D eigenvalue weighted by Gasteiger charge is -2.24. The summed E-state index contributed by atoms with van der Waals surface area (Å²) in [6.45, 7) is 1.05. The number of fused-ring (bicyclic) bond motifs is 1. The summed E-state index contributed by atoms with van der Waals surface area (Å²) in [7, 11) is 4.05. The van der Waals surface area contributed by atoms with Gasteiger partial charge in [0.05, 0.1) is 11.7 Å². The van der Waals surface area contributed by atoms with Gasteiger partial charge in [0.1, 0.15) is 5.69 Å². The maximum absolute atomic E-state index is 13.7. The van der Waals surface area contributed by atoms with Crippen molar-refractivity contribution in [3.63, 3.8) is 0 Å². The number of nitrogens with two attached hydrogens (primary N) is 1. The van der Waals surface area contributed by atoms with E-state index in [9.17, 15) is 18.0 Å². The zero-order valence-electron chi connectivity index (χ0n) is 25.1. The van der Waals surface area contributed by atoms with Crippen LogP contribution in [0.15, 0.2) is 91.0 Å². The summed E-state index contributed by atoms with van der Waals surface area (Å²) < 4.78 is 42.2. The standard InChI is InChI=1S/C35H35F3N6O/c1-43(2)30-16-15-29(27-11-3-4-12-28(27)30)33(40-21-22-13-14-22)24-8-6-9-25(18-24)41-34(45)31-19-32(35(36,37)38)42-44(31)26-10-5-7-23(17-26)20-39/h3-12,15-19,22,33,40H,13-14,20-21,39H2,1-2H3,(H,41,45). The molecule has 1 fully saturated rings. The molecule has 10 heteroatoms. The molecule has 1 heterocycles. The van der Waals surface area contributed by atoms with Crippen molar-refractivity contribution in [2.75, 3.05) is 30.9 Å². The first-order valence-electron chi connectivity index (χ1n) is 14.9. The first-order valence-corrected chi connectivity index (χ1v) is 14.9. The third-order valence-corrected chi connectivity index (χ3v) is 8.14. The summed E-state index contributed by atoms with van der Waals surface area (Å²) in [6, 6.07) is 27.2. The number of carbonyl (C=O) groups is 1. The zero-order chi connectivity index (χ0) is 31.7. The molecule has 0 radical (unpaired) electrons. The van der Waals surface area contributed by atoms with Gasteiger partial charge in [0, 0.05) is 43.5 Å². The molecule has 4 N–H and O–H groups in total. The fourth-order valence-corrected chi connectivity index (χ4v) is 5.65. The summed E-state index contributed by atoms with van der Waals surface area (Å²) in [5.74, 6) is -0.0832. The van der Waals surface area contributed by atoms with Crippen molar-refractivity contribution in [1.29, 1.82) is 0 Å². The Kier molecular flexibility index (Phi) is 8.35. The predicted molar refractivity (Wildman–Crippen MR) is 172 cm³/mol. The Morgan fingerprint density at radius 1 is 0.978 bits per heavy atom. The molecule has 0 saturated heterocycles. The van der Waals surface area contributed by atoms with Gasteiger partial charge in [-0.05, 0) is 77.7 Å². The van der Waals surface area contributed by atoms with Crippen LogP contribution in [0.1, 0.15) is 51.8 Å². The van der Waals surface area contributed by atoms with E-state index < -0.39 is 17.8 Å². The summed E-state index contributed by atoms with van der Waals surface area (Å²) in [5.41, 5.74) is 8.97. The molecular weight excluding hydrogens is 577 g/mol. The number of nitrogens with one attached hydrogen (secondary N) is 2. The van der Waals surface area contributed by atoms with Gasteiger partial charge in [-0.1, -0.05) is 54.6 Å². The maximum atomic E-state index is 13.7. The number of nitrogens with zero attached hydrogens (tertiary/aromatic N) is 3. The summed E-state index contributed by atoms with van der Waals surface area (Å²) in [5, 5.41) is 12.6. The molecule has 0 aliphatic heterocycles. The highest BCUT2D eigenvalue weighted by Crippen LogP contribution is 2.36. The lowest BCUT2D eigenvalue weighted by atomic mass is 9.92. The van der Waals surface area contributed by atoms with Gasteiger partial charge < -0.3 is 21.3 Å². The lowest BCUT2D eigenvalue weighted by molar-refractivity contribution is -0.141. The molecule has 1 aliphatic rings. The molecule has 1 saturated carbocycles. The van der Waals surface area contributed by atoms with Crippen molar-refractivity contribution < 1.29 is 18.0 Å². The van der Waals surface area contributed by atoms with Crippen molar-refractivity contribution >= 4 is 28.1 Å². The van der Waals surface area contributed by atoms with E-state index in [1.165, 1.54) is 12.8 Å². The second-order valence-electron chi connectivity index (χ2n) is 11.7. The zero-order valence-corrected chi connectivity index (χ0v) is 25.1. The number of alkyl halides is 3. The second kappa shape index (κ2) is 12.4. The number of rotatable bonds is 10. The van der Waals surface area contributed by atoms with Crippen molar-refractivity contribution in [2.45, 2.75) is 31.6 Å². The lowest BCUT2D eigenvalue weighted by Crippen LogP contribution is -2.25. The van der Waals surface area contributed by atoms with Gasteiger partial charge in [0.25, 0.3) is 5.91 Å². The van der Waals surface area contributed by atoms with Crippen LogP contribution in [0.25, 0.3) is 16.5 Å². The van der Waals surface area contributed by atoms with Crippen LogP contribution in [0.3, 0.4) is 0 Å². The Bertz CT molecular complexity index is 1840. The Hall–Kier alpha value is -4.67. The molecule has 0 bridgehead atoms. The summed E-state index contributed by atoms with van der Waals surface area (Å²) in [6.07, 6.45) is -2.34. The molecule has 1 unspecified atom stereocenters. The highest BCUT2D eigenvalue weighted by Gasteiger charge is 2.36. The monoisotopic (exact) mass is 612 g/mol. The molecule has 0 spiro atoms. The van der Waals surface area contributed by atoms with E-state index in [1.54, 1.807) is 30.3 Å². The summed E-state index contributed by atoms with van der Waals surface area (Å²) in [4.78, 5) is 15.7. The van der Waals surface area contributed by atoms with Crippen LogP contribution < -0.4 is 21.3 Å². The number of hydrogen-bond acceptors (Lipinski definition) is 5. The van der Waals surface area contributed by atoms with E-state index in [1.807, 2.05) is 44.4 Å². The minimum absolute atomic E-state index is 0.176. The van der Waals surface area contributed by atoms with Crippen LogP contribution in [0, 0.1) is 5.92 Å². The molecule has 45 heavy (non-hydrogen) atoms. The second-order valence-corrected chi connectivity index (χ2v) is 11.7. The number of hydrogen-bond donors (Lipinski definition) is 3. The van der Waals surface area contributed by atoms with E-state index in [2.05, 4.69) is 44.9 Å². The third kappa shape index (κ3) is 6.57. The van der Waals surface area contributed by atoms with Gasteiger partial charge in [-0.3, -0.25) is 4.79 Å². The van der Waals surface area contributed by atoms with E-state index in [0.29, 0.717) is 22.9 Å². The average Bonchev–Trinajstić information content (AvgIpc) is 3.74. The van der Waals surface area contributed by atoms with Crippen LogP contribution in [0.5, 0.6) is 0 Å². The van der Waals surface area contributed by atoms with Crippen LogP contribution in [0.2, 0.25) is 0 Å². The molecule has 1 atom stereocenters. The highest BCUT2D eigenvalue weighted by atomic mass is 19.4. The minimum Gasteiger partial charge on any atom is -0.377 e. The van der Waals surface area contributed by atoms with Gasteiger partial charge in [-0.2, -0.15) is 18.3 Å². The van der Waals surface area contributed by atoms with Crippen molar-refractivity contribution in [2.24, 2.45) is 11.7 Å². The van der Waals surface area contributed by atoms with Crippen molar-refractivity contribution in [3.8, 4) is 5.69 Å². The molecule has 1 amide bonds. The molecule has 5 aromatic rings. The minimum atomic E-state index is -4.73. The van der Waals surface area contributed by atoms with E-state index in [4.69, 9.17) is 5.73 Å². The number of benzene rings is 4. The number of anilines is 2. The van der Waals surface area contributed by atoms with Gasteiger partial charge in [-0.15, -0.1) is 0 Å². The summed E-state index contributed by atoms with van der Waals surface area (Å²) >= 11 is 0. The molecule has 4 aromatic carbocycles. The maximum Gasteiger partial charge on any atom is 0.435 e.